The Kier molecular flexibility index (Phi) is 4.92. The minimum atomic E-state index is -0.136. The van der Waals surface area contributed by atoms with Crippen LogP contribution in [0.25, 0.3) is 10.6 Å². The molecule has 0 aliphatic rings. The zero-order valence-corrected chi connectivity index (χ0v) is 11.7. The molecule has 4 nitrogen and oxygen atoms in total. The van der Waals surface area contributed by atoms with Crippen molar-refractivity contribution in [3.63, 3.8) is 0 Å². The molecule has 2 amide bonds. The summed E-state index contributed by atoms with van der Waals surface area (Å²) in [6, 6.07) is 7.77. The van der Waals surface area contributed by atoms with Gasteiger partial charge in [-0.1, -0.05) is 19.1 Å². The summed E-state index contributed by atoms with van der Waals surface area (Å²) in [7, 11) is 0. The van der Waals surface area contributed by atoms with Crippen LogP contribution < -0.4 is 10.6 Å². The molecule has 19 heavy (non-hydrogen) atoms. The third kappa shape index (κ3) is 3.79. The van der Waals surface area contributed by atoms with Gasteiger partial charge in [0.15, 0.2) is 0 Å². The summed E-state index contributed by atoms with van der Waals surface area (Å²) in [5, 5.41) is 7.66. The van der Waals surface area contributed by atoms with E-state index >= 15 is 0 Å². The van der Waals surface area contributed by atoms with Crippen molar-refractivity contribution in [1.29, 1.82) is 0 Å². The molecule has 2 aromatic rings. The summed E-state index contributed by atoms with van der Waals surface area (Å²) >= 11 is 1.65. The van der Waals surface area contributed by atoms with E-state index in [9.17, 15) is 4.79 Å². The topological polar surface area (TPSA) is 54.0 Å². The maximum Gasteiger partial charge on any atom is 0.315 e. The van der Waals surface area contributed by atoms with Crippen molar-refractivity contribution < 1.29 is 4.79 Å². The number of amides is 2. The van der Waals surface area contributed by atoms with E-state index in [0.717, 1.165) is 22.6 Å². The van der Waals surface area contributed by atoms with Gasteiger partial charge in [0.1, 0.15) is 0 Å². The first kappa shape index (κ1) is 13.5. The average molecular weight is 275 g/mol. The van der Waals surface area contributed by atoms with Gasteiger partial charge in [-0.05, 0) is 29.5 Å². The van der Waals surface area contributed by atoms with Crippen molar-refractivity contribution in [1.82, 2.24) is 15.6 Å². The fourth-order valence-corrected chi connectivity index (χ4v) is 2.45. The maximum absolute atomic E-state index is 11.5. The van der Waals surface area contributed by atoms with Crippen molar-refractivity contribution in [3.8, 4) is 10.6 Å². The molecule has 0 saturated heterocycles. The van der Waals surface area contributed by atoms with Crippen LogP contribution in [-0.4, -0.2) is 17.6 Å². The highest BCUT2D eigenvalue weighted by Crippen LogP contribution is 2.25. The van der Waals surface area contributed by atoms with Gasteiger partial charge in [-0.2, -0.15) is 0 Å². The average Bonchev–Trinajstić information content (AvgIpc) is 2.97. The van der Waals surface area contributed by atoms with Gasteiger partial charge in [0.25, 0.3) is 0 Å². The quantitative estimate of drug-likeness (QED) is 0.881. The number of rotatable bonds is 5. The molecule has 5 heteroatoms. The fourth-order valence-electron chi connectivity index (χ4n) is 1.69. The zero-order chi connectivity index (χ0) is 13.5. The van der Waals surface area contributed by atoms with Gasteiger partial charge in [0.05, 0.1) is 10.6 Å². The highest BCUT2D eigenvalue weighted by atomic mass is 32.1. The molecule has 0 spiro atoms. The lowest BCUT2D eigenvalue weighted by atomic mass is 10.1. The second-order valence-electron chi connectivity index (χ2n) is 4.10. The van der Waals surface area contributed by atoms with Crippen molar-refractivity contribution in [2.75, 3.05) is 6.54 Å². The van der Waals surface area contributed by atoms with Crippen LogP contribution in [0.4, 0.5) is 4.79 Å². The molecule has 0 atom stereocenters. The standard InChI is InChI=1S/C14H17N3OS/c1-2-7-16-14(18)17-10-11-5-3-8-15-13(11)12-6-4-9-19-12/h3-6,8-9H,2,7,10H2,1H3,(H2,16,17,18). The van der Waals surface area contributed by atoms with Crippen molar-refractivity contribution in [2.45, 2.75) is 19.9 Å². The van der Waals surface area contributed by atoms with Gasteiger partial charge in [-0.25, -0.2) is 4.79 Å². The van der Waals surface area contributed by atoms with Crippen LogP contribution in [0, 0.1) is 0 Å². The fraction of sp³-hybridized carbons (Fsp3) is 0.286. The Labute approximate surface area is 116 Å². The Balaban J connectivity index is 2.03. The summed E-state index contributed by atoms with van der Waals surface area (Å²) in [5.41, 5.74) is 1.96. The highest BCUT2D eigenvalue weighted by molar-refractivity contribution is 7.13. The lowest BCUT2D eigenvalue weighted by Crippen LogP contribution is -2.35. The number of nitrogens with zero attached hydrogens (tertiary/aromatic N) is 1. The monoisotopic (exact) mass is 275 g/mol. The van der Waals surface area contributed by atoms with Gasteiger partial charge in [0.2, 0.25) is 0 Å². The number of nitrogens with one attached hydrogen (secondary N) is 2. The summed E-state index contributed by atoms with van der Waals surface area (Å²) in [5.74, 6) is 0. The number of hydrogen-bond acceptors (Lipinski definition) is 3. The SMILES string of the molecule is CCCNC(=O)NCc1cccnc1-c1cccs1. The summed E-state index contributed by atoms with van der Waals surface area (Å²) in [6.45, 7) is 3.20. The Morgan fingerprint density at radius 3 is 2.95 bits per heavy atom. The smallest absolute Gasteiger partial charge is 0.315 e. The molecule has 2 rings (SSSR count). The number of urea groups is 1. The van der Waals surface area contributed by atoms with Crippen molar-refractivity contribution in [2.24, 2.45) is 0 Å². The molecule has 0 aliphatic carbocycles. The van der Waals surface area contributed by atoms with E-state index in [-0.39, 0.29) is 6.03 Å². The van der Waals surface area contributed by atoms with Gasteiger partial charge < -0.3 is 10.6 Å². The molecule has 0 saturated carbocycles. The first-order chi connectivity index (χ1) is 9.31. The molecule has 0 radical (unpaired) electrons. The lowest BCUT2D eigenvalue weighted by Gasteiger charge is -2.09. The number of thiophene rings is 1. The molecule has 0 fully saturated rings. The third-order valence-electron chi connectivity index (χ3n) is 2.62. The van der Waals surface area contributed by atoms with Crippen LogP contribution >= 0.6 is 11.3 Å². The minimum absolute atomic E-state index is 0.136. The molecular formula is C14H17N3OS. The van der Waals surface area contributed by atoms with E-state index in [1.165, 1.54) is 0 Å². The Hall–Kier alpha value is -1.88. The first-order valence-electron chi connectivity index (χ1n) is 6.30. The number of carbonyl (C=O) groups excluding carboxylic acids is 1. The van der Waals surface area contributed by atoms with Crippen LogP contribution in [-0.2, 0) is 6.54 Å². The Bertz CT molecular complexity index is 525. The largest absolute Gasteiger partial charge is 0.338 e. The van der Waals surface area contributed by atoms with Crippen LogP contribution in [0.2, 0.25) is 0 Å². The summed E-state index contributed by atoms with van der Waals surface area (Å²) in [4.78, 5) is 17.1. The van der Waals surface area contributed by atoms with Crippen LogP contribution in [0.1, 0.15) is 18.9 Å². The van der Waals surface area contributed by atoms with E-state index in [1.54, 1.807) is 17.5 Å². The molecule has 100 valence electrons. The number of aromatic nitrogens is 1. The summed E-state index contributed by atoms with van der Waals surface area (Å²) in [6.07, 6.45) is 2.70. The molecular weight excluding hydrogens is 258 g/mol. The Morgan fingerprint density at radius 1 is 1.32 bits per heavy atom. The zero-order valence-electron chi connectivity index (χ0n) is 10.8. The van der Waals surface area contributed by atoms with E-state index in [4.69, 9.17) is 0 Å². The molecule has 2 aromatic heterocycles. The molecule has 0 aliphatic heterocycles. The van der Waals surface area contributed by atoms with Crippen LogP contribution in [0.15, 0.2) is 35.8 Å². The van der Waals surface area contributed by atoms with E-state index < -0.39 is 0 Å². The van der Waals surface area contributed by atoms with E-state index in [1.807, 2.05) is 36.6 Å². The third-order valence-corrected chi connectivity index (χ3v) is 3.50. The lowest BCUT2D eigenvalue weighted by molar-refractivity contribution is 0.240. The predicted molar refractivity (Wildman–Crippen MR) is 78.1 cm³/mol. The molecule has 0 bridgehead atoms. The van der Waals surface area contributed by atoms with E-state index in [2.05, 4.69) is 15.6 Å². The van der Waals surface area contributed by atoms with Crippen molar-refractivity contribution >= 4 is 17.4 Å². The second-order valence-corrected chi connectivity index (χ2v) is 5.05. The Morgan fingerprint density at radius 2 is 2.21 bits per heavy atom. The molecule has 0 unspecified atom stereocenters. The summed E-state index contributed by atoms with van der Waals surface area (Å²) < 4.78 is 0. The van der Waals surface area contributed by atoms with Gasteiger partial charge >= 0.3 is 6.03 Å². The predicted octanol–water partition coefficient (Wildman–Crippen LogP) is 3.02. The molecule has 2 N–H and O–H groups in total. The number of hydrogen-bond donors (Lipinski definition) is 2. The van der Waals surface area contributed by atoms with Crippen LogP contribution in [0.5, 0.6) is 0 Å². The second kappa shape index (κ2) is 6.89. The van der Waals surface area contributed by atoms with Crippen LogP contribution in [0.3, 0.4) is 0 Å². The molecule has 2 heterocycles. The van der Waals surface area contributed by atoms with Crippen molar-refractivity contribution in [3.05, 3.63) is 41.4 Å². The highest BCUT2D eigenvalue weighted by Gasteiger charge is 2.08. The minimum Gasteiger partial charge on any atom is -0.338 e. The first-order valence-corrected chi connectivity index (χ1v) is 7.18. The normalized spacial score (nSPS) is 10.2. The molecule has 0 aromatic carbocycles. The van der Waals surface area contributed by atoms with Gasteiger partial charge in [0, 0.05) is 19.3 Å². The maximum atomic E-state index is 11.5. The number of pyridine rings is 1. The number of carbonyl (C=O) groups is 1. The van der Waals surface area contributed by atoms with Gasteiger partial charge in [-0.3, -0.25) is 4.98 Å². The van der Waals surface area contributed by atoms with E-state index in [0.29, 0.717) is 13.1 Å². The van der Waals surface area contributed by atoms with Gasteiger partial charge in [-0.15, -0.1) is 11.3 Å².